The lowest BCUT2D eigenvalue weighted by atomic mass is 10.0. The highest BCUT2D eigenvalue weighted by Crippen LogP contribution is 2.15. The predicted octanol–water partition coefficient (Wildman–Crippen LogP) is 19.0. The Labute approximate surface area is 414 Å². The number of carbonyl (C=O) groups is 3. The smallest absolute Gasteiger partial charge is 0.306 e. The average molecular weight is 936 g/mol. The molecule has 1 atom stereocenters. The van der Waals surface area contributed by atoms with Crippen LogP contribution in [0.25, 0.3) is 0 Å². The van der Waals surface area contributed by atoms with E-state index in [4.69, 9.17) is 14.2 Å². The summed E-state index contributed by atoms with van der Waals surface area (Å²) in [6, 6.07) is 0. The van der Waals surface area contributed by atoms with Gasteiger partial charge in [-0.15, -0.1) is 0 Å². The van der Waals surface area contributed by atoms with Crippen LogP contribution in [0.4, 0.5) is 0 Å². The molecule has 0 aliphatic carbocycles. The van der Waals surface area contributed by atoms with Crippen molar-refractivity contribution >= 4 is 17.9 Å². The topological polar surface area (TPSA) is 78.9 Å². The lowest BCUT2D eigenvalue weighted by molar-refractivity contribution is -0.167. The normalized spacial score (nSPS) is 12.6. The Hall–Kier alpha value is -3.15. The maximum Gasteiger partial charge on any atom is 0.306 e. The molecule has 0 radical (unpaired) electrons. The third-order valence-electron chi connectivity index (χ3n) is 12.2. The summed E-state index contributed by atoms with van der Waals surface area (Å²) >= 11 is 0. The zero-order valence-corrected chi connectivity index (χ0v) is 44.2. The van der Waals surface area contributed by atoms with Gasteiger partial charge in [0.15, 0.2) is 6.10 Å². The van der Waals surface area contributed by atoms with Crippen molar-refractivity contribution in [2.45, 2.75) is 284 Å². The molecule has 0 aromatic rings. The minimum Gasteiger partial charge on any atom is -0.462 e. The summed E-state index contributed by atoms with van der Waals surface area (Å²) < 4.78 is 16.8. The molecular weight excluding hydrogens is 829 g/mol. The molecule has 0 amide bonds. The number of allylic oxidation sites excluding steroid dienone is 12. The lowest BCUT2D eigenvalue weighted by Gasteiger charge is -2.18. The molecule has 0 aromatic carbocycles. The van der Waals surface area contributed by atoms with Crippen LogP contribution in [0.1, 0.15) is 278 Å². The van der Waals surface area contributed by atoms with Gasteiger partial charge in [0.2, 0.25) is 0 Å². The fourth-order valence-corrected chi connectivity index (χ4v) is 7.89. The zero-order chi connectivity index (χ0) is 48.6. The van der Waals surface area contributed by atoms with Gasteiger partial charge in [-0.25, -0.2) is 0 Å². The molecule has 0 saturated carbocycles. The molecule has 0 aliphatic rings. The Balaban J connectivity index is 4.50. The van der Waals surface area contributed by atoms with Crippen LogP contribution in [-0.2, 0) is 28.6 Å². The van der Waals surface area contributed by atoms with E-state index in [0.29, 0.717) is 19.3 Å². The van der Waals surface area contributed by atoms with E-state index in [9.17, 15) is 14.4 Å². The van der Waals surface area contributed by atoms with Crippen LogP contribution in [0.2, 0.25) is 0 Å². The lowest BCUT2D eigenvalue weighted by Crippen LogP contribution is -2.30. The predicted molar refractivity (Wildman–Crippen MR) is 288 cm³/mol. The first-order chi connectivity index (χ1) is 33.0. The SMILES string of the molecule is CCCCCCCCC/C=C\C/C=C/C/C=C/CCCC(=O)OCC(COC(=O)CCC/C=C/C/C=C/C/C=C/CCCCCCCCC)OC(=O)CCCCCCCCCCCCCCC. The minimum atomic E-state index is -0.814. The van der Waals surface area contributed by atoms with Crippen LogP contribution in [0.5, 0.6) is 0 Å². The molecule has 6 nitrogen and oxygen atoms in total. The summed E-state index contributed by atoms with van der Waals surface area (Å²) in [5.74, 6) is -1.01. The van der Waals surface area contributed by atoms with Crippen molar-refractivity contribution in [3.8, 4) is 0 Å². The van der Waals surface area contributed by atoms with E-state index in [-0.39, 0.29) is 44.0 Å². The summed E-state index contributed by atoms with van der Waals surface area (Å²) in [6.45, 7) is 6.56. The second kappa shape index (κ2) is 55.4. The van der Waals surface area contributed by atoms with Gasteiger partial charge in [-0.2, -0.15) is 0 Å². The first-order valence-corrected chi connectivity index (χ1v) is 28.4. The standard InChI is InChI=1S/C61H106O6/c1-4-7-10-13-16-19-22-25-27-29-31-33-36-38-41-44-47-50-53-59(62)65-56-58(67-61(64)55-52-49-46-43-40-35-24-21-18-15-12-9-6-3)57-66-60(63)54-51-48-45-42-39-37-34-32-30-28-26-23-20-17-14-11-8-5-2/h27-30,33-34,36-37,41-42,44-45,58H,4-26,31-32,35,38-40,43,46-57H2,1-3H3/b29-27-,30-28+,36-33+,37-34+,44-41+,45-42+. The third-order valence-corrected chi connectivity index (χ3v) is 12.2. The number of hydrogen-bond donors (Lipinski definition) is 0. The van der Waals surface area contributed by atoms with E-state index in [2.05, 4.69) is 93.7 Å². The van der Waals surface area contributed by atoms with Crippen molar-refractivity contribution in [2.24, 2.45) is 0 Å². The van der Waals surface area contributed by atoms with Gasteiger partial charge in [-0.3, -0.25) is 14.4 Å². The summed E-state index contributed by atoms with van der Waals surface area (Å²) in [4.78, 5) is 38.1. The summed E-state index contributed by atoms with van der Waals surface area (Å²) in [5, 5.41) is 0. The van der Waals surface area contributed by atoms with E-state index in [1.807, 2.05) is 0 Å². The van der Waals surface area contributed by atoms with Crippen LogP contribution in [0.3, 0.4) is 0 Å². The second-order valence-corrected chi connectivity index (χ2v) is 18.8. The van der Waals surface area contributed by atoms with Crippen molar-refractivity contribution in [2.75, 3.05) is 13.2 Å². The van der Waals surface area contributed by atoms with E-state index in [1.165, 1.54) is 167 Å². The minimum absolute atomic E-state index is 0.115. The van der Waals surface area contributed by atoms with Crippen molar-refractivity contribution < 1.29 is 28.6 Å². The number of ether oxygens (including phenoxy) is 3. The molecule has 0 rings (SSSR count). The Morgan fingerprint density at radius 1 is 0.299 bits per heavy atom. The Kier molecular flexibility index (Phi) is 52.8. The van der Waals surface area contributed by atoms with Crippen LogP contribution in [0.15, 0.2) is 72.9 Å². The molecule has 0 bridgehead atoms. The summed E-state index contributed by atoms with van der Waals surface area (Å²) in [6.07, 6.45) is 70.5. The van der Waals surface area contributed by atoms with Crippen LogP contribution in [-0.4, -0.2) is 37.2 Å². The monoisotopic (exact) mass is 935 g/mol. The van der Waals surface area contributed by atoms with Crippen molar-refractivity contribution in [3.63, 3.8) is 0 Å². The Morgan fingerprint density at radius 3 is 0.881 bits per heavy atom. The second-order valence-electron chi connectivity index (χ2n) is 18.8. The molecular formula is C61H106O6. The molecule has 386 valence electrons. The maximum absolute atomic E-state index is 12.8. The molecule has 0 fully saturated rings. The summed E-state index contributed by atoms with van der Waals surface area (Å²) in [5.41, 5.74) is 0. The van der Waals surface area contributed by atoms with Crippen molar-refractivity contribution in [1.82, 2.24) is 0 Å². The van der Waals surface area contributed by atoms with E-state index in [1.54, 1.807) is 0 Å². The van der Waals surface area contributed by atoms with Gasteiger partial charge in [0.25, 0.3) is 0 Å². The zero-order valence-electron chi connectivity index (χ0n) is 44.2. The van der Waals surface area contributed by atoms with Gasteiger partial charge in [-0.05, 0) is 83.5 Å². The number of hydrogen-bond acceptors (Lipinski definition) is 6. The highest BCUT2D eigenvalue weighted by Gasteiger charge is 2.19. The van der Waals surface area contributed by atoms with E-state index >= 15 is 0 Å². The molecule has 1 unspecified atom stereocenters. The fourth-order valence-electron chi connectivity index (χ4n) is 7.89. The van der Waals surface area contributed by atoms with E-state index < -0.39 is 6.10 Å². The molecule has 0 N–H and O–H groups in total. The van der Waals surface area contributed by atoms with Gasteiger partial charge < -0.3 is 14.2 Å². The van der Waals surface area contributed by atoms with Gasteiger partial charge >= 0.3 is 17.9 Å². The number of unbranched alkanes of at least 4 members (excludes halogenated alkanes) is 28. The van der Waals surface area contributed by atoms with Crippen LogP contribution < -0.4 is 0 Å². The molecule has 6 heteroatoms. The molecule has 0 aromatic heterocycles. The van der Waals surface area contributed by atoms with Gasteiger partial charge in [-0.1, -0.05) is 248 Å². The molecule has 0 spiro atoms. The molecule has 0 heterocycles. The van der Waals surface area contributed by atoms with Crippen molar-refractivity contribution in [1.29, 1.82) is 0 Å². The average Bonchev–Trinajstić information content (AvgIpc) is 3.33. The first kappa shape index (κ1) is 63.8. The number of carbonyl (C=O) groups excluding carboxylic acids is 3. The van der Waals surface area contributed by atoms with Gasteiger partial charge in [0.05, 0.1) is 0 Å². The molecule has 67 heavy (non-hydrogen) atoms. The largest absolute Gasteiger partial charge is 0.462 e. The molecule has 0 saturated heterocycles. The Morgan fingerprint density at radius 2 is 0.552 bits per heavy atom. The van der Waals surface area contributed by atoms with Crippen LogP contribution in [0, 0.1) is 0 Å². The van der Waals surface area contributed by atoms with Crippen LogP contribution >= 0.6 is 0 Å². The Bertz CT molecular complexity index is 1180. The third kappa shape index (κ3) is 53.7. The summed E-state index contributed by atoms with van der Waals surface area (Å²) in [7, 11) is 0. The first-order valence-electron chi connectivity index (χ1n) is 28.4. The van der Waals surface area contributed by atoms with E-state index in [0.717, 1.165) is 57.8 Å². The fraction of sp³-hybridized carbons (Fsp3) is 0.754. The van der Waals surface area contributed by atoms with Crippen molar-refractivity contribution in [3.05, 3.63) is 72.9 Å². The van der Waals surface area contributed by atoms with Gasteiger partial charge in [0.1, 0.15) is 13.2 Å². The number of rotatable bonds is 51. The quantitative estimate of drug-likeness (QED) is 0.0262. The highest BCUT2D eigenvalue weighted by molar-refractivity contribution is 5.71. The highest BCUT2D eigenvalue weighted by atomic mass is 16.6. The van der Waals surface area contributed by atoms with Gasteiger partial charge in [0, 0.05) is 19.3 Å². The molecule has 0 aliphatic heterocycles. The number of esters is 3. The maximum atomic E-state index is 12.8.